The molecule has 0 bridgehead atoms. The first kappa shape index (κ1) is 12.3. The average molecular weight is 246 g/mol. The number of nitrogens with zero attached hydrogens (tertiary/aromatic N) is 3. The van der Waals surface area contributed by atoms with Gasteiger partial charge in [-0.25, -0.2) is 9.37 Å². The molecule has 2 N–H and O–H groups in total. The lowest BCUT2D eigenvalue weighted by Crippen LogP contribution is -2.12. The van der Waals surface area contributed by atoms with Crippen molar-refractivity contribution in [1.29, 1.82) is 0 Å². The Labute approximate surface area is 105 Å². The largest absolute Gasteiger partial charge is 0.368 e. The summed E-state index contributed by atoms with van der Waals surface area (Å²) >= 11 is 0. The minimum absolute atomic E-state index is 0.207. The van der Waals surface area contributed by atoms with Crippen LogP contribution in [0.2, 0.25) is 0 Å². The molecule has 0 radical (unpaired) electrons. The van der Waals surface area contributed by atoms with E-state index in [4.69, 9.17) is 5.73 Å². The molecule has 0 spiro atoms. The van der Waals surface area contributed by atoms with Crippen molar-refractivity contribution >= 4 is 11.8 Å². The minimum Gasteiger partial charge on any atom is -0.368 e. The second-order valence-corrected chi connectivity index (χ2v) is 4.33. The molecule has 0 aliphatic carbocycles. The van der Waals surface area contributed by atoms with E-state index >= 15 is 0 Å². The van der Waals surface area contributed by atoms with Crippen LogP contribution in [0.15, 0.2) is 24.3 Å². The molecule has 0 amide bonds. The molecule has 2 aromatic rings. The van der Waals surface area contributed by atoms with E-state index in [2.05, 4.69) is 9.97 Å². The number of nitrogens with two attached hydrogens (primary N) is 1. The second kappa shape index (κ2) is 4.60. The number of anilines is 2. The fraction of sp³-hybridized carbons (Fsp3) is 0.231. The van der Waals surface area contributed by atoms with Gasteiger partial charge in [0.2, 0.25) is 5.95 Å². The van der Waals surface area contributed by atoms with Gasteiger partial charge in [0.25, 0.3) is 0 Å². The summed E-state index contributed by atoms with van der Waals surface area (Å²) in [4.78, 5) is 10.1. The molecule has 0 unspecified atom stereocenters. The molecule has 94 valence electrons. The van der Waals surface area contributed by atoms with E-state index in [0.717, 1.165) is 11.4 Å². The van der Waals surface area contributed by atoms with Gasteiger partial charge in [-0.1, -0.05) is 0 Å². The summed E-state index contributed by atoms with van der Waals surface area (Å²) in [6.07, 6.45) is 0. The zero-order valence-corrected chi connectivity index (χ0v) is 10.6. The van der Waals surface area contributed by atoms with Crippen LogP contribution < -0.4 is 10.6 Å². The van der Waals surface area contributed by atoms with Crippen LogP contribution in [0.1, 0.15) is 5.56 Å². The third-order valence-electron chi connectivity index (χ3n) is 2.64. The molecule has 18 heavy (non-hydrogen) atoms. The van der Waals surface area contributed by atoms with Crippen molar-refractivity contribution < 1.29 is 4.39 Å². The van der Waals surface area contributed by atoms with E-state index in [-0.39, 0.29) is 11.8 Å². The number of rotatable bonds is 2. The van der Waals surface area contributed by atoms with Gasteiger partial charge < -0.3 is 10.6 Å². The van der Waals surface area contributed by atoms with Crippen LogP contribution in [-0.4, -0.2) is 24.1 Å². The van der Waals surface area contributed by atoms with Crippen molar-refractivity contribution in [3.8, 4) is 11.3 Å². The first-order valence-corrected chi connectivity index (χ1v) is 5.56. The predicted octanol–water partition coefficient (Wildman–Crippen LogP) is 2.24. The van der Waals surface area contributed by atoms with E-state index in [1.807, 2.05) is 25.1 Å². The Morgan fingerprint density at radius 1 is 1.17 bits per heavy atom. The Kier molecular flexibility index (Phi) is 3.14. The number of benzene rings is 1. The van der Waals surface area contributed by atoms with Gasteiger partial charge in [-0.15, -0.1) is 0 Å². The summed E-state index contributed by atoms with van der Waals surface area (Å²) in [6, 6.07) is 6.68. The molecule has 1 aromatic carbocycles. The van der Waals surface area contributed by atoms with Crippen LogP contribution in [0.5, 0.6) is 0 Å². The highest BCUT2D eigenvalue weighted by Gasteiger charge is 2.07. The molecule has 0 atom stereocenters. The first-order chi connectivity index (χ1) is 8.47. The van der Waals surface area contributed by atoms with Gasteiger partial charge in [-0.05, 0) is 30.7 Å². The number of aromatic nitrogens is 2. The summed E-state index contributed by atoms with van der Waals surface area (Å²) < 4.78 is 13.2. The van der Waals surface area contributed by atoms with Crippen LogP contribution in [-0.2, 0) is 0 Å². The van der Waals surface area contributed by atoms with Crippen molar-refractivity contribution in [1.82, 2.24) is 9.97 Å². The summed E-state index contributed by atoms with van der Waals surface area (Å²) in [5.41, 5.74) is 7.77. The van der Waals surface area contributed by atoms with Crippen molar-refractivity contribution in [2.45, 2.75) is 6.92 Å². The van der Waals surface area contributed by atoms with Gasteiger partial charge in [0, 0.05) is 25.7 Å². The normalized spacial score (nSPS) is 10.4. The van der Waals surface area contributed by atoms with Crippen LogP contribution in [0.4, 0.5) is 16.2 Å². The van der Waals surface area contributed by atoms with Gasteiger partial charge >= 0.3 is 0 Å². The van der Waals surface area contributed by atoms with Crippen molar-refractivity contribution in [2.24, 2.45) is 0 Å². The van der Waals surface area contributed by atoms with Gasteiger partial charge in [-0.2, -0.15) is 4.98 Å². The van der Waals surface area contributed by atoms with Gasteiger partial charge in [0.1, 0.15) is 11.6 Å². The van der Waals surface area contributed by atoms with Crippen LogP contribution >= 0.6 is 0 Å². The molecule has 0 saturated heterocycles. The first-order valence-electron chi connectivity index (χ1n) is 5.56. The summed E-state index contributed by atoms with van der Waals surface area (Å²) in [5, 5.41) is 0. The Balaban J connectivity index is 2.53. The fourth-order valence-corrected chi connectivity index (χ4v) is 1.63. The fourth-order valence-electron chi connectivity index (χ4n) is 1.63. The highest BCUT2D eigenvalue weighted by molar-refractivity contribution is 5.65. The Hall–Kier alpha value is -2.17. The van der Waals surface area contributed by atoms with Gasteiger partial charge in [0.05, 0.1) is 5.69 Å². The van der Waals surface area contributed by atoms with Gasteiger partial charge in [-0.3, -0.25) is 0 Å². The monoisotopic (exact) mass is 246 g/mol. The summed E-state index contributed by atoms with van der Waals surface area (Å²) in [7, 11) is 3.75. The molecule has 0 saturated carbocycles. The van der Waals surface area contributed by atoms with Gasteiger partial charge in [0.15, 0.2) is 0 Å². The molecule has 0 aliphatic rings. The highest BCUT2D eigenvalue weighted by atomic mass is 19.1. The Bertz CT molecular complexity index is 581. The SMILES string of the molecule is Cc1cc(-c2cc(N(C)C)nc(N)n2)ccc1F. The number of nitrogen functional groups attached to an aromatic ring is 1. The molecule has 4 nitrogen and oxygen atoms in total. The maximum absolute atomic E-state index is 13.2. The van der Waals surface area contributed by atoms with Crippen LogP contribution in [0.25, 0.3) is 11.3 Å². The third-order valence-corrected chi connectivity index (χ3v) is 2.64. The van der Waals surface area contributed by atoms with E-state index in [9.17, 15) is 4.39 Å². The predicted molar refractivity (Wildman–Crippen MR) is 70.9 cm³/mol. The maximum Gasteiger partial charge on any atom is 0.222 e. The zero-order valence-electron chi connectivity index (χ0n) is 10.6. The molecule has 0 fully saturated rings. The van der Waals surface area contributed by atoms with Crippen molar-refractivity contribution in [3.05, 3.63) is 35.6 Å². The molecular formula is C13H15FN4. The quantitative estimate of drug-likeness (QED) is 0.883. The molecule has 2 rings (SSSR count). The van der Waals surface area contributed by atoms with E-state index < -0.39 is 0 Å². The minimum atomic E-state index is -0.228. The average Bonchev–Trinajstić information content (AvgIpc) is 2.31. The Morgan fingerprint density at radius 2 is 1.89 bits per heavy atom. The lowest BCUT2D eigenvalue weighted by Gasteiger charge is -2.13. The summed E-state index contributed by atoms with van der Waals surface area (Å²) in [5.74, 6) is 0.700. The summed E-state index contributed by atoms with van der Waals surface area (Å²) in [6.45, 7) is 1.72. The molecule has 5 heteroatoms. The van der Waals surface area contributed by atoms with E-state index in [0.29, 0.717) is 11.3 Å². The maximum atomic E-state index is 13.2. The lowest BCUT2D eigenvalue weighted by molar-refractivity contribution is 0.619. The molecule has 1 heterocycles. The van der Waals surface area contributed by atoms with Crippen molar-refractivity contribution in [2.75, 3.05) is 24.7 Å². The Morgan fingerprint density at radius 3 is 2.50 bits per heavy atom. The molecule has 0 aliphatic heterocycles. The van der Waals surface area contributed by atoms with E-state index in [1.54, 1.807) is 19.1 Å². The lowest BCUT2D eigenvalue weighted by atomic mass is 10.1. The van der Waals surface area contributed by atoms with Crippen LogP contribution in [0.3, 0.4) is 0 Å². The number of halogens is 1. The van der Waals surface area contributed by atoms with E-state index in [1.165, 1.54) is 6.07 Å². The van der Waals surface area contributed by atoms with Crippen LogP contribution in [0, 0.1) is 12.7 Å². The smallest absolute Gasteiger partial charge is 0.222 e. The zero-order chi connectivity index (χ0) is 13.3. The topological polar surface area (TPSA) is 55.0 Å². The number of aryl methyl sites for hydroxylation is 1. The number of hydrogen-bond acceptors (Lipinski definition) is 4. The third kappa shape index (κ3) is 2.40. The number of hydrogen-bond donors (Lipinski definition) is 1. The standard InChI is InChI=1S/C13H15FN4/c1-8-6-9(4-5-10(8)14)11-7-12(18(2)3)17-13(15)16-11/h4-7H,1-3H3,(H2,15,16,17). The molecular weight excluding hydrogens is 231 g/mol. The molecule has 1 aromatic heterocycles. The van der Waals surface area contributed by atoms with Crippen molar-refractivity contribution in [3.63, 3.8) is 0 Å². The second-order valence-electron chi connectivity index (χ2n) is 4.33. The highest BCUT2D eigenvalue weighted by Crippen LogP contribution is 2.23.